The Hall–Kier alpha value is -1.49. The van der Waals surface area contributed by atoms with Crippen LogP contribution in [0.3, 0.4) is 0 Å². The number of halogens is 3. The summed E-state index contributed by atoms with van der Waals surface area (Å²) >= 11 is 0.268. The molecule has 0 bridgehead atoms. The van der Waals surface area contributed by atoms with E-state index in [2.05, 4.69) is 15.0 Å². The molecule has 3 rings (SSSR count). The zero-order valence-corrected chi connectivity index (χ0v) is 13.9. The summed E-state index contributed by atoms with van der Waals surface area (Å²) in [6.45, 7) is 0.983. The van der Waals surface area contributed by atoms with E-state index in [0.717, 1.165) is 10.9 Å². The van der Waals surface area contributed by atoms with Crippen molar-refractivity contribution in [1.29, 1.82) is 0 Å². The standard InChI is InChI=1S/C14H14F3N3O2S2/c15-14(16,17)13-19-12(8-23-13)24(21,22)20-11-7-18-6-10(11)9-4-2-1-3-5-9/h1-5,8,10-11,18,20H,6-7H2/t10-,11+/m0/s1. The van der Waals surface area contributed by atoms with Crippen molar-refractivity contribution in [3.05, 3.63) is 46.3 Å². The fourth-order valence-corrected chi connectivity index (χ4v) is 4.86. The number of hydrogen-bond donors (Lipinski definition) is 2. The molecule has 2 atom stereocenters. The molecule has 24 heavy (non-hydrogen) atoms. The second kappa shape index (κ2) is 6.43. The van der Waals surface area contributed by atoms with Crippen LogP contribution in [0.5, 0.6) is 0 Å². The zero-order valence-electron chi connectivity index (χ0n) is 12.2. The molecule has 0 amide bonds. The molecule has 0 spiro atoms. The summed E-state index contributed by atoms with van der Waals surface area (Å²) in [6, 6.07) is 8.91. The van der Waals surface area contributed by atoms with Crippen LogP contribution in [-0.2, 0) is 16.2 Å². The number of thiazole rings is 1. The van der Waals surface area contributed by atoms with Crippen molar-refractivity contribution < 1.29 is 21.6 Å². The van der Waals surface area contributed by atoms with Gasteiger partial charge in [-0.2, -0.15) is 13.2 Å². The van der Waals surface area contributed by atoms with Gasteiger partial charge in [0.1, 0.15) is 0 Å². The summed E-state index contributed by atoms with van der Waals surface area (Å²) in [7, 11) is -4.11. The highest BCUT2D eigenvalue weighted by atomic mass is 32.2. The minimum atomic E-state index is -4.65. The molecule has 0 unspecified atom stereocenters. The van der Waals surface area contributed by atoms with Crippen LogP contribution in [0.1, 0.15) is 16.5 Å². The summed E-state index contributed by atoms with van der Waals surface area (Å²) in [5, 5.41) is 2.23. The normalized spacial score (nSPS) is 22.0. The lowest BCUT2D eigenvalue weighted by Gasteiger charge is -2.19. The van der Waals surface area contributed by atoms with Crippen LogP contribution in [0.4, 0.5) is 13.2 Å². The number of hydrogen-bond acceptors (Lipinski definition) is 5. The van der Waals surface area contributed by atoms with Crippen LogP contribution in [0.15, 0.2) is 40.7 Å². The first-order chi connectivity index (χ1) is 11.3. The van der Waals surface area contributed by atoms with E-state index in [1.165, 1.54) is 0 Å². The van der Waals surface area contributed by atoms with Crippen molar-refractivity contribution in [3.63, 3.8) is 0 Å². The van der Waals surface area contributed by atoms with Crippen LogP contribution in [-0.4, -0.2) is 32.5 Å². The first-order valence-electron chi connectivity index (χ1n) is 7.08. The van der Waals surface area contributed by atoms with Gasteiger partial charge < -0.3 is 5.32 Å². The van der Waals surface area contributed by atoms with Crippen LogP contribution in [0, 0.1) is 0 Å². The van der Waals surface area contributed by atoms with Gasteiger partial charge in [0.25, 0.3) is 10.0 Å². The molecule has 1 saturated heterocycles. The van der Waals surface area contributed by atoms with Gasteiger partial charge in [-0.25, -0.2) is 18.1 Å². The quantitative estimate of drug-likeness (QED) is 0.857. The Labute approximate surface area is 141 Å². The summed E-state index contributed by atoms with van der Waals surface area (Å²) in [5.41, 5.74) is 0.962. The molecule has 2 aromatic rings. The van der Waals surface area contributed by atoms with Gasteiger partial charge in [-0.05, 0) is 5.56 Å². The summed E-state index contributed by atoms with van der Waals surface area (Å²) in [5.74, 6) is -0.0957. The smallest absolute Gasteiger partial charge is 0.314 e. The Balaban J connectivity index is 1.80. The first kappa shape index (κ1) is 17.3. The monoisotopic (exact) mass is 377 g/mol. The van der Waals surface area contributed by atoms with E-state index in [4.69, 9.17) is 0 Å². The van der Waals surface area contributed by atoms with E-state index in [-0.39, 0.29) is 17.3 Å². The number of nitrogens with one attached hydrogen (secondary N) is 2. The van der Waals surface area contributed by atoms with E-state index in [9.17, 15) is 21.6 Å². The number of benzene rings is 1. The Morgan fingerprint density at radius 3 is 2.54 bits per heavy atom. The fourth-order valence-electron chi connectivity index (χ4n) is 2.63. The third-order valence-electron chi connectivity index (χ3n) is 3.75. The van der Waals surface area contributed by atoms with E-state index in [1.54, 1.807) is 0 Å². The molecule has 1 fully saturated rings. The van der Waals surface area contributed by atoms with Crippen molar-refractivity contribution in [2.45, 2.75) is 23.2 Å². The Kier molecular flexibility index (Phi) is 4.65. The minimum absolute atomic E-state index is 0.0957. The van der Waals surface area contributed by atoms with Gasteiger partial charge in [0.05, 0.1) is 0 Å². The molecule has 1 aliphatic rings. The van der Waals surface area contributed by atoms with Crippen molar-refractivity contribution in [2.24, 2.45) is 0 Å². The van der Waals surface area contributed by atoms with E-state index in [1.807, 2.05) is 30.3 Å². The summed E-state index contributed by atoms with van der Waals surface area (Å²) in [6.07, 6.45) is -4.65. The van der Waals surface area contributed by atoms with Crippen LogP contribution < -0.4 is 10.0 Å². The molecule has 2 N–H and O–H groups in total. The fraction of sp³-hybridized carbons (Fsp3) is 0.357. The van der Waals surface area contributed by atoms with Gasteiger partial charge >= 0.3 is 6.18 Å². The second-order valence-electron chi connectivity index (χ2n) is 5.39. The average molecular weight is 377 g/mol. The van der Waals surface area contributed by atoms with Crippen molar-refractivity contribution in [3.8, 4) is 0 Å². The largest absolute Gasteiger partial charge is 0.443 e. The second-order valence-corrected chi connectivity index (χ2v) is 7.91. The predicted octanol–water partition coefficient (Wildman–Crippen LogP) is 2.20. The topological polar surface area (TPSA) is 71.1 Å². The van der Waals surface area contributed by atoms with Gasteiger partial charge in [-0.1, -0.05) is 30.3 Å². The maximum Gasteiger partial charge on any atom is 0.443 e. The predicted molar refractivity (Wildman–Crippen MR) is 83.3 cm³/mol. The maximum absolute atomic E-state index is 12.6. The molecular formula is C14H14F3N3O2S2. The molecule has 0 radical (unpaired) electrons. The van der Waals surface area contributed by atoms with Crippen LogP contribution in [0.25, 0.3) is 0 Å². The molecule has 10 heteroatoms. The van der Waals surface area contributed by atoms with E-state index < -0.39 is 32.3 Å². The maximum atomic E-state index is 12.6. The van der Waals surface area contributed by atoms with Crippen LogP contribution in [0.2, 0.25) is 0 Å². The molecule has 0 saturated carbocycles. The van der Waals surface area contributed by atoms with Crippen molar-refractivity contribution >= 4 is 21.4 Å². The highest BCUT2D eigenvalue weighted by Crippen LogP contribution is 2.33. The molecule has 1 aromatic carbocycles. The SMILES string of the molecule is O=S(=O)(N[C@@H]1CNC[C@H]1c1ccccc1)c1csc(C(F)(F)F)n1. The molecule has 0 aliphatic carbocycles. The van der Waals surface area contributed by atoms with Gasteiger partial charge in [-0.3, -0.25) is 0 Å². The van der Waals surface area contributed by atoms with Crippen LogP contribution >= 0.6 is 11.3 Å². The minimum Gasteiger partial charge on any atom is -0.314 e. The summed E-state index contributed by atoms with van der Waals surface area (Å²) in [4.78, 5) is 3.22. The molecule has 130 valence electrons. The molecule has 2 heterocycles. The van der Waals surface area contributed by atoms with E-state index in [0.29, 0.717) is 13.1 Å². The Morgan fingerprint density at radius 1 is 1.21 bits per heavy atom. The number of alkyl halides is 3. The highest BCUT2D eigenvalue weighted by molar-refractivity contribution is 7.89. The van der Waals surface area contributed by atoms with E-state index >= 15 is 0 Å². The number of sulfonamides is 1. The first-order valence-corrected chi connectivity index (χ1v) is 9.44. The lowest BCUT2D eigenvalue weighted by molar-refractivity contribution is -0.137. The van der Waals surface area contributed by atoms with Gasteiger partial charge in [0, 0.05) is 30.4 Å². The molecular weight excluding hydrogens is 363 g/mol. The molecule has 1 aliphatic heterocycles. The summed E-state index contributed by atoms with van der Waals surface area (Å²) < 4.78 is 65.0. The highest BCUT2D eigenvalue weighted by Gasteiger charge is 2.37. The average Bonchev–Trinajstić information content (AvgIpc) is 3.16. The third kappa shape index (κ3) is 3.61. The van der Waals surface area contributed by atoms with Gasteiger partial charge in [0.15, 0.2) is 10.0 Å². The number of rotatable bonds is 4. The Morgan fingerprint density at radius 2 is 1.92 bits per heavy atom. The Bertz CT molecular complexity index is 806. The lowest BCUT2D eigenvalue weighted by atomic mass is 9.95. The number of nitrogens with zero attached hydrogens (tertiary/aromatic N) is 1. The zero-order chi connectivity index (χ0) is 17.4. The van der Waals surface area contributed by atoms with Crippen molar-refractivity contribution in [1.82, 2.24) is 15.0 Å². The molecule has 5 nitrogen and oxygen atoms in total. The van der Waals surface area contributed by atoms with Gasteiger partial charge in [0.2, 0.25) is 0 Å². The lowest BCUT2D eigenvalue weighted by Crippen LogP contribution is -2.39. The van der Waals surface area contributed by atoms with Gasteiger partial charge in [-0.15, -0.1) is 11.3 Å². The third-order valence-corrected chi connectivity index (χ3v) is 6.16. The van der Waals surface area contributed by atoms with Crippen molar-refractivity contribution in [2.75, 3.05) is 13.1 Å². The number of aromatic nitrogens is 1. The molecule has 1 aromatic heterocycles.